The molecule has 1 atom stereocenters. The lowest BCUT2D eigenvalue weighted by Gasteiger charge is -2.55. The van der Waals surface area contributed by atoms with E-state index in [0.29, 0.717) is 5.41 Å². The normalized spacial score (nSPS) is 25.9. The lowest BCUT2D eigenvalue weighted by Crippen LogP contribution is -2.47. The van der Waals surface area contributed by atoms with Gasteiger partial charge in [0, 0.05) is 9.47 Å². The molecule has 1 nitrogen and oxygen atoms in total. The van der Waals surface area contributed by atoms with E-state index < -0.39 is 0 Å². The SMILES string of the molecule is POCCCC(C1CCCCC1)(C1CCCCC1)C1CCCCC1. The van der Waals surface area contributed by atoms with Crippen molar-refractivity contribution in [3.63, 3.8) is 0 Å². The molecule has 24 heavy (non-hydrogen) atoms. The predicted octanol–water partition coefficient (Wildman–Crippen LogP) is 7.30. The Morgan fingerprint density at radius 2 is 1.00 bits per heavy atom. The van der Waals surface area contributed by atoms with Crippen LogP contribution in [0.1, 0.15) is 109 Å². The molecule has 140 valence electrons. The first kappa shape index (κ1) is 19.2. The topological polar surface area (TPSA) is 9.23 Å². The molecule has 0 bridgehead atoms. The van der Waals surface area contributed by atoms with Crippen molar-refractivity contribution in [3.8, 4) is 0 Å². The lowest BCUT2D eigenvalue weighted by molar-refractivity contribution is -0.0582. The smallest absolute Gasteiger partial charge is 0.0502 e. The van der Waals surface area contributed by atoms with Crippen LogP contribution in [0.4, 0.5) is 0 Å². The first-order chi connectivity index (χ1) is 11.9. The summed E-state index contributed by atoms with van der Waals surface area (Å²) in [5, 5.41) is 0. The van der Waals surface area contributed by atoms with E-state index in [2.05, 4.69) is 9.47 Å². The number of hydrogen-bond acceptors (Lipinski definition) is 1. The zero-order valence-corrected chi connectivity index (χ0v) is 17.1. The molecule has 0 aromatic heterocycles. The average molecular weight is 353 g/mol. The van der Waals surface area contributed by atoms with E-state index in [4.69, 9.17) is 4.52 Å². The van der Waals surface area contributed by atoms with E-state index in [1.54, 1.807) is 0 Å². The summed E-state index contributed by atoms with van der Waals surface area (Å²) < 4.78 is 5.42. The first-order valence-corrected chi connectivity index (χ1v) is 11.7. The maximum Gasteiger partial charge on any atom is 0.0502 e. The Hall–Kier alpha value is 0.390. The van der Waals surface area contributed by atoms with Gasteiger partial charge < -0.3 is 4.52 Å². The number of rotatable bonds is 7. The average Bonchev–Trinajstić information content (AvgIpc) is 2.68. The summed E-state index contributed by atoms with van der Waals surface area (Å²) in [4.78, 5) is 0. The molecule has 1 unspecified atom stereocenters. The van der Waals surface area contributed by atoms with Crippen LogP contribution in [0, 0.1) is 23.2 Å². The monoisotopic (exact) mass is 352 g/mol. The molecule has 3 aliphatic rings. The minimum absolute atomic E-state index is 0.671. The third-order valence-electron chi connectivity index (χ3n) is 7.97. The van der Waals surface area contributed by atoms with Crippen LogP contribution in [0.3, 0.4) is 0 Å². The van der Waals surface area contributed by atoms with Gasteiger partial charge in [-0.2, -0.15) is 0 Å². The molecule has 0 aliphatic heterocycles. The highest BCUT2D eigenvalue weighted by atomic mass is 31.0. The van der Waals surface area contributed by atoms with Crippen LogP contribution in [0.5, 0.6) is 0 Å². The summed E-state index contributed by atoms with van der Waals surface area (Å²) in [6.45, 7) is 0.943. The molecule has 0 saturated heterocycles. The molecule has 2 heteroatoms. The molecular weight excluding hydrogens is 311 g/mol. The van der Waals surface area contributed by atoms with E-state index >= 15 is 0 Å². The van der Waals surface area contributed by atoms with Gasteiger partial charge in [0.1, 0.15) is 0 Å². The number of hydrogen-bond donors (Lipinski definition) is 0. The molecular formula is C22H41OP. The van der Waals surface area contributed by atoms with Crippen LogP contribution in [-0.4, -0.2) is 6.61 Å². The molecule has 0 heterocycles. The molecule has 3 rings (SSSR count). The molecule has 0 aromatic rings. The molecule has 0 N–H and O–H groups in total. The third kappa shape index (κ3) is 4.37. The molecule has 3 fully saturated rings. The molecule has 3 saturated carbocycles. The summed E-state index contributed by atoms with van der Waals surface area (Å²) in [5.41, 5.74) is 0.671. The second kappa shape index (κ2) is 9.91. The van der Waals surface area contributed by atoms with Crippen molar-refractivity contribution in [2.24, 2.45) is 23.2 Å². The van der Waals surface area contributed by atoms with Gasteiger partial charge >= 0.3 is 0 Å². The Labute approximate surface area is 153 Å². The highest BCUT2D eigenvalue weighted by Crippen LogP contribution is 2.58. The Bertz CT molecular complexity index is 292. The second-order valence-corrected chi connectivity index (χ2v) is 9.42. The predicted molar refractivity (Wildman–Crippen MR) is 107 cm³/mol. The maximum atomic E-state index is 5.42. The second-order valence-electron chi connectivity index (χ2n) is 9.09. The highest BCUT2D eigenvalue weighted by Gasteiger charge is 2.49. The quantitative estimate of drug-likeness (QED) is 0.345. The minimum Gasteiger partial charge on any atom is -0.366 e. The van der Waals surface area contributed by atoms with Gasteiger partial charge in [-0.05, 0) is 74.5 Å². The van der Waals surface area contributed by atoms with Crippen molar-refractivity contribution in [1.29, 1.82) is 0 Å². The van der Waals surface area contributed by atoms with E-state index in [0.717, 1.165) is 24.4 Å². The summed E-state index contributed by atoms with van der Waals surface area (Å²) in [6.07, 6.45) is 25.5. The minimum atomic E-state index is 0.671. The molecule has 0 radical (unpaired) electrons. The standard InChI is InChI=1S/C22H41OP/c24-23-18-10-17-22(19-11-4-1-5-12-19,20-13-6-2-7-14-20)21-15-8-3-9-16-21/h19-21H,1-18,24H2. The highest BCUT2D eigenvalue weighted by molar-refractivity contribution is 7.09. The van der Waals surface area contributed by atoms with Crippen LogP contribution in [0.2, 0.25) is 0 Å². The lowest BCUT2D eigenvalue weighted by atomic mass is 9.50. The summed E-state index contributed by atoms with van der Waals surface area (Å²) in [6, 6.07) is 0. The fraction of sp³-hybridized carbons (Fsp3) is 1.00. The van der Waals surface area contributed by atoms with Crippen LogP contribution in [0.15, 0.2) is 0 Å². The van der Waals surface area contributed by atoms with E-state index in [-0.39, 0.29) is 0 Å². The van der Waals surface area contributed by atoms with Crippen LogP contribution in [-0.2, 0) is 4.52 Å². The van der Waals surface area contributed by atoms with Gasteiger partial charge in [0.2, 0.25) is 0 Å². The maximum absolute atomic E-state index is 5.42. The van der Waals surface area contributed by atoms with Gasteiger partial charge in [-0.15, -0.1) is 0 Å². The molecule has 3 aliphatic carbocycles. The van der Waals surface area contributed by atoms with Crippen molar-refractivity contribution in [1.82, 2.24) is 0 Å². The van der Waals surface area contributed by atoms with Gasteiger partial charge in [-0.25, -0.2) is 0 Å². The zero-order chi connectivity index (χ0) is 16.7. The van der Waals surface area contributed by atoms with Crippen molar-refractivity contribution >= 4 is 9.47 Å². The van der Waals surface area contributed by atoms with Crippen molar-refractivity contribution in [2.45, 2.75) is 109 Å². The van der Waals surface area contributed by atoms with Crippen molar-refractivity contribution in [2.75, 3.05) is 6.61 Å². The fourth-order valence-corrected chi connectivity index (χ4v) is 7.16. The van der Waals surface area contributed by atoms with Gasteiger partial charge in [0.05, 0.1) is 6.61 Å². The van der Waals surface area contributed by atoms with Crippen LogP contribution in [0.25, 0.3) is 0 Å². The van der Waals surface area contributed by atoms with Crippen molar-refractivity contribution < 1.29 is 4.52 Å². The zero-order valence-electron chi connectivity index (χ0n) is 15.9. The molecule has 0 spiro atoms. The molecule has 0 amide bonds. The summed E-state index contributed by atoms with van der Waals surface area (Å²) >= 11 is 0. The summed E-state index contributed by atoms with van der Waals surface area (Å²) in [7, 11) is 2.48. The largest absolute Gasteiger partial charge is 0.366 e. The summed E-state index contributed by atoms with van der Waals surface area (Å²) in [5.74, 6) is 3.09. The first-order valence-electron chi connectivity index (χ1n) is 11.2. The van der Waals surface area contributed by atoms with E-state index in [9.17, 15) is 0 Å². The Morgan fingerprint density at radius 1 is 0.625 bits per heavy atom. The van der Waals surface area contributed by atoms with Gasteiger partial charge in [0.25, 0.3) is 0 Å². The van der Waals surface area contributed by atoms with Gasteiger partial charge in [-0.1, -0.05) is 57.8 Å². The molecule has 0 aromatic carbocycles. The Balaban J connectivity index is 1.86. The fourth-order valence-electron chi connectivity index (χ4n) is 6.99. The van der Waals surface area contributed by atoms with E-state index in [1.807, 2.05) is 0 Å². The van der Waals surface area contributed by atoms with Crippen LogP contribution >= 0.6 is 9.47 Å². The van der Waals surface area contributed by atoms with Crippen molar-refractivity contribution in [3.05, 3.63) is 0 Å². The van der Waals surface area contributed by atoms with Gasteiger partial charge in [0.15, 0.2) is 0 Å². The van der Waals surface area contributed by atoms with Gasteiger partial charge in [-0.3, -0.25) is 0 Å². The Morgan fingerprint density at radius 3 is 1.33 bits per heavy atom. The van der Waals surface area contributed by atoms with Crippen LogP contribution < -0.4 is 0 Å². The van der Waals surface area contributed by atoms with E-state index in [1.165, 1.54) is 109 Å². The Kier molecular flexibility index (Phi) is 7.92. The third-order valence-corrected chi connectivity index (χ3v) is 8.20.